The summed E-state index contributed by atoms with van der Waals surface area (Å²) in [6.45, 7) is 1.98. The Kier molecular flexibility index (Phi) is 2.78. The molecule has 0 atom stereocenters. The Hall–Kier alpha value is -2.37. The quantitative estimate of drug-likeness (QED) is 0.803. The number of primary amides is 1. The Morgan fingerprint density at radius 1 is 1.47 bits per heavy atom. The zero-order valence-electron chi connectivity index (χ0n) is 9.42. The molecule has 0 saturated carbocycles. The van der Waals surface area contributed by atoms with Crippen LogP contribution in [0.15, 0.2) is 24.5 Å². The summed E-state index contributed by atoms with van der Waals surface area (Å²) >= 11 is 0. The number of nitrogens with two attached hydrogens (primary N) is 2. The summed E-state index contributed by atoms with van der Waals surface area (Å²) in [4.78, 5) is 19.4. The van der Waals surface area contributed by atoms with Crippen molar-refractivity contribution in [2.75, 3.05) is 5.73 Å². The number of carbonyl (C=O) groups excluding carboxylic acids is 1. The average Bonchev–Trinajstić information content (AvgIpc) is 2.77. The van der Waals surface area contributed by atoms with Crippen molar-refractivity contribution in [3.63, 3.8) is 0 Å². The lowest BCUT2D eigenvalue weighted by Crippen LogP contribution is -2.15. The van der Waals surface area contributed by atoms with Crippen molar-refractivity contribution in [1.82, 2.24) is 14.5 Å². The zero-order valence-corrected chi connectivity index (χ0v) is 9.42. The van der Waals surface area contributed by atoms with Gasteiger partial charge >= 0.3 is 0 Å². The van der Waals surface area contributed by atoms with E-state index < -0.39 is 5.91 Å². The summed E-state index contributed by atoms with van der Waals surface area (Å²) in [6, 6.07) is 3.12. The second-order valence-corrected chi connectivity index (χ2v) is 3.54. The van der Waals surface area contributed by atoms with Crippen molar-refractivity contribution in [2.24, 2.45) is 5.73 Å². The first-order valence-electron chi connectivity index (χ1n) is 5.22. The molecular weight excluding hydrogens is 218 g/mol. The monoisotopic (exact) mass is 231 g/mol. The van der Waals surface area contributed by atoms with Crippen LogP contribution in [-0.2, 0) is 6.42 Å². The van der Waals surface area contributed by atoms with Crippen molar-refractivity contribution >= 4 is 11.6 Å². The van der Waals surface area contributed by atoms with Gasteiger partial charge in [0.1, 0.15) is 11.5 Å². The van der Waals surface area contributed by atoms with Crippen molar-refractivity contribution < 1.29 is 4.79 Å². The van der Waals surface area contributed by atoms with Crippen LogP contribution >= 0.6 is 0 Å². The minimum atomic E-state index is -0.579. The highest BCUT2D eigenvalue weighted by molar-refractivity contribution is 5.91. The Balaban J connectivity index is 2.58. The number of amides is 1. The van der Waals surface area contributed by atoms with Gasteiger partial charge in [-0.25, -0.2) is 9.97 Å². The molecule has 0 radical (unpaired) electrons. The predicted molar refractivity (Wildman–Crippen MR) is 63.7 cm³/mol. The van der Waals surface area contributed by atoms with Crippen LogP contribution in [0.4, 0.5) is 5.69 Å². The Morgan fingerprint density at radius 3 is 2.88 bits per heavy atom. The van der Waals surface area contributed by atoms with E-state index in [0.29, 0.717) is 11.5 Å². The summed E-state index contributed by atoms with van der Waals surface area (Å²) in [5.41, 5.74) is 11.7. The van der Waals surface area contributed by atoms with Crippen molar-refractivity contribution in [1.29, 1.82) is 0 Å². The van der Waals surface area contributed by atoms with E-state index in [1.54, 1.807) is 23.0 Å². The molecule has 2 heterocycles. The molecule has 2 aromatic heterocycles. The maximum Gasteiger partial charge on any atom is 0.267 e. The first kappa shape index (κ1) is 11.1. The number of rotatable bonds is 3. The van der Waals surface area contributed by atoms with E-state index in [9.17, 15) is 4.79 Å². The molecule has 0 saturated heterocycles. The maximum absolute atomic E-state index is 11.1. The number of hydrogen-bond donors (Lipinski definition) is 2. The molecule has 1 amide bonds. The van der Waals surface area contributed by atoms with Crippen molar-refractivity contribution in [3.8, 4) is 5.82 Å². The molecule has 0 bridgehead atoms. The fourth-order valence-corrected chi connectivity index (χ4v) is 1.58. The zero-order chi connectivity index (χ0) is 12.4. The van der Waals surface area contributed by atoms with E-state index >= 15 is 0 Å². The van der Waals surface area contributed by atoms with E-state index in [1.165, 1.54) is 6.07 Å². The third kappa shape index (κ3) is 1.96. The number of hydrogen-bond acceptors (Lipinski definition) is 4. The second-order valence-electron chi connectivity index (χ2n) is 3.54. The van der Waals surface area contributed by atoms with Crippen LogP contribution in [0.5, 0.6) is 0 Å². The first-order valence-corrected chi connectivity index (χ1v) is 5.22. The molecule has 0 fully saturated rings. The van der Waals surface area contributed by atoms with E-state index in [1.807, 2.05) is 6.92 Å². The van der Waals surface area contributed by atoms with Gasteiger partial charge in [-0.05, 0) is 12.1 Å². The molecule has 4 N–H and O–H groups in total. The van der Waals surface area contributed by atoms with Gasteiger partial charge in [-0.1, -0.05) is 6.92 Å². The minimum Gasteiger partial charge on any atom is -0.396 e. The fraction of sp³-hybridized carbons (Fsp3) is 0.182. The number of aromatic nitrogens is 3. The Morgan fingerprint density at radius 2 is 2.24 bits per heavy atom. The van der Waals surface area contributed by atoms with Crippen LogP contribution in [0.3, 0.4) is 0 Å². The number of pyridine rings is 1. The van der Waals surface area contributed by atoms with Crippen LogP contribution in [-0.4, -0.2) is 20.4 Å². The third-order valence-corrected chi connectivity index (χ3v) is 2.42. The third-order valence-electron chi connectivity index (χ3n) is 2.42. The minimum absolute atomic E-state index is 0.185. The topological polar surface area (TPSA) is 99.8 Å². The number of anilines is 1. The summed E-state index contributed by atoms with van der Waals surface area (Å²) in [7, 11) is 0. The number of imidazole rings is 1. The molecule has 2 rings (SSSR count). The van der Waals surface area contributed by atoms with Crippen LogP contribution in [0.25, 0.3) is 5.82 Å². The average molecular weight is 231 g/mol. The van der Waals surface area contributed by atoms with Gasteiger partial charge < -0.3 is 11.5 Å². The molecule has 0 aliphatic rings. The fourth-order valence-electron chi connectivity index (χ4n) is 1.58. The van der Waals surface area contributed by atoms with Crippen LogP contribution in [0.2, 0.25) is 0 Å². The Bertz CT molecular complexity index is 561. The second kappa shape index (κ2) is 4.25. The summed E-state index contributed by atoms with van der Waals surface area (Å²) in [5.74, 6) is 0.728. The van der Waals surface area contributed by atoms with Gasteiger partial charge in [0, 0.05) is 18.8 Å². The van der Waals surface area contributed by atoms with Gasteiger partial charge in [0.25, 0.3) is 5.91 Å². The Labute approximate surface area is 98.3 Å². The molecule has 0 aliphatic heterocycles. The molecule has 6 nitrogen and oxygen atoms in total. The number of carbonyl (C=O) groups is 1. The molecule has 6 heteroatoms. The summed E-state index contributed by atoms with van der Waals surface area (Å²) < 4.78 is 1.75. The van der Waals surface area contributed by atoms with Gasteiger partial charge in [0.2, 0.25) is 0 Å². The van der Waals surface area contributed by atoms with E-state index in [4.69, 9.17) is 11.5 Å². The van der Waals surface area contributed by atoms with Crippen molar-refractivity contribution in [2.45, 2.75) is 13.3 Å². The lowest BCUT2D eigenvalue weighted by molar-refractivity contribution is 0.0995. The van der Waals surface area contributed by atoms with Crippen molar-refractivity contribution in [3.05, 3.63) is 36.0 Å². The van der Waals surface area contributed by atoms with Crippen LogP contribution < -0.4 is 11.5 Å². The van der Waals surface area contributed by atoms with Gasteiger partial charge in [-0.15, -0.1) is 0 Å². The van der Waals surface area contributed by atoms with Gasteiger partial charge in [-0.2, -0.15) is 0 Å². The molecule has 2 aromatic rings. The highest BCUT2D eigenvalue weighted by atomic mass is 16.1. The number of aryl methyl sites for hydroxylation is 1. The van der Waals surface area contributed by atoms with Gasteiger partial charge in [0.15, 0.2) is 5.82 Å². The predicted octanol–water partition coefficient (Wildman–Crippen LogP) is 0.511. The standard InChI is InChI=1S/C11H13N5O/c1-2-9-14-5-6-16(9)11-7(12)3-4-8(15-11)10(13)17/h3-6H,2,12H2,1H3,(H2,13,17). The van der Waals surface area contributed by atoms with Gasteiger partial charge in [0.05, 0.1) is 5.69 Å². The molecular formula is C11H13N5O. The van der Waals surface area contributed by atoms with E-state index in [2.05, 4.69) is 9.97 Å². The molecule has 88 valence electrons. The summed E-state index contributed by atoms with van der Waals surface area (Å²) in [5, 5.41) is 0. The molecule has 17 heavy (non-hydrogen) atoms. The molecule has 0 aromatic carbocycles. The van der Waals surface area contributed by atoms with Crippen LogP contribution in [0.1, 0.15) is 23.2 Å². The highest BCUT2D eigenvalue weighted by Gasteiger charge is 2.11. The lowest BCUT2D eigenvalue weighted by Gasteiger charge is -2.09. The largest absolute Gasteiger partial charge is 0.396 e. The van der Waals surface area contributed by atoms with E-state index in [0.717, 1.165) is 12.2 Å². The highest BCUT2D eigenvalue weighted by Crippen LogP contribution is 2.17. The lowest BCUT2D eigenvalue weighted by atomic mass is 10.3. The SMILES string of the molecule is CCc1nccn1-c1nc(C(N)=O)ccc1N. The van der Waals surface area contributed by atoms with Crippen LogP contribution in [0, 0.1) is 0 Å². The normalized spacial score (nSPS) is 10.4. The molecule has 0 unspecified atom stereocenters. The summed E-state index contributed by atoms with van der Waals surface area (Å²) in [6.07, 6.45) is 4.16. The number of nitrogens with zero attached hydrogens (tertiary/aromatic N) is 3. The van der Waals surface area contributed by atoms with E-state index in [-0.39, 0.29) is 5.69 Å². The number of nitrogen functional groups attached to an aromatic ring is 1. The smallest absolute Gasteiger partial charge is 0.267 e. The van der Waals surface area contributed by atoms with Gasteiger partial charge in [-0.3, -0.25) is 9.36 Å². The molecule has 0 aliphatic carbocycles. The first-order chi connectivity index (χ1) is 8.13. The molecule has 0 spiro atoms. The maximum atomic E-state index is 11.1.